The van der Waals surface area contributed by atoms with Gasteiger partial charge in [-0.3, -0.25) is 4.90 Å². The fourth-order valence-corrected chi connectivity index (χ4v) is 4.43. The molecule has 0 amide bonds. The van der Waals surface area contributed by atoms with Crippen LogP contribution in [-0.4, -0.2) is 69.8 Å². The third kappa shape index (κ3) is 7.05. The molecule has 1 aromatic rings. The first-order chi connectivity index (χ1) is 11.9. The van der Waals surface area contributed by atoms with Crippen LogP contribution < -0.4 is 4.72 Å². The summed E-state index contributed by atoms with van der Waals surface area (Å²) < 4.78 is 27.5. The van der Waals surface area contributed by atoms with Gasteiger partial charge in [-0.1, -0.05) is 44.2 Å². The zero-order valence-electron chi connectivity index (χ0n) is 15.8. The summed E-state index contributed by atoms with van der Waals surface area (Å²) in [6.45, 7) is 8.97. The fraction of sp³-hybridized carbons (Fsp3) is 0.684. The van der Waals surface area contributed by atoms with Crippen molar-refractivity contribution in [1.82, 2.24) is 14.5 Å². The molecule has 1 aliphatic heterocycles. The van der Waals surface area contributed by atoms with Crippen molar-refractivity contribution in [2.24, 2.45) is 5.92 Å². The average Bonchev–Trinajstić information content (AvgIpc) is 2.57. The number of likely N-dealkylation sites (N-methyl/N-ethyl adjacent to an activating group) is 1. The first-order valence-corrected chi connectivity index (χ1v) is 11.0. The van der Waals surface area contributed by atoms with Crippen LogP contribution in [0.2, 0.25) is 0 Å². The topological polar surface area (TPSA) is 52.7 Å². The number of aryl methyl sites for hydroxylation is 1. The Morgan fingerprint density at radius 2 is 1.72 bits per heavy atom. The van der Waals surface area contributed by atoms with E-state index in [-0.39, 0.29) is 11.8 Å². The second-order valence-corrected chi connectivity index (χ2v) is 9.33. The molecule has 1 unspecified atom stereocenters. The van der Waals surface area contributed by atoms with Gasteiger partial charge < -0.3 is 4.90 Å². The molecule has 2 rings (SSSR count). The number of benzene rings is 1. The molecule has 1 saturated heterocycles. The molecule has 0 aliphatic carbocycles. The van der Waals surface area contributed by atoms with Crippen molar-refractivity contribution in [2.75, 3.05) is 45.5 Å². The minimum Gasteiger partial charge on any atom is -0.304 e. The van der Waals surface area contributed by atoms with E-state index < -0.39 is 10.0 Å². The maximum Gasteiger partial charge on any atom is 0.211 e. The Morgan fingerprint density at radius 3 is 2.32 bits per heavy atom. The van der Waals surface area contributed by atoms with Crippen molar-refractivity contribution >= 4 is 10.0 Å². The summed E-state index contributed by atoms with van der Waals surface area (Å²) in [5, 5.41) is 0. The number of rotatable bonds is 9. The zero-order chi connectivity index (χ0) is 18.3. The molecule has 0 aromatic heterocycles. The van der Waals surface area contributed by atoms with E-state index in [9.17, 15) is 8.42 Å². The molecule has 1 atom stereocenters. The van der Waals surface area contributed by atoms with E-state index in [0.29, 0.717) is 18.9 Å². The van der Waals surface area contributed by atoms with Crippen molar-refractivity contribution in [3.05, 3.63) is 35.9 Å². The van der Waals surface area contributed by atoms with Gasteiger partial charge in [0.2, 0.25) is 10.0 Å². The summed E-state index contributed by atoms with van der Waals surface area (Å²) in [5.41, 5.74) is 1.19. The van der Waals surface area contributed by atoms with Gasteiger partial charge in [-0.25, -0.2) is 13.1 Å². The molecule has 142 valence electrons. The lowest BCUT2D eigenvalue weighted by Gasteiger charge is -2.39. The molecular formula is C19H33N3O2S. The third-order valence-corrected chi connectivity index (χ3v) is 6.44. The summed E-state index contributed by atoms with van der Waals surface area (Å²) in [6, 6.07) is 10.3. The standard InChI is InChI=1S/C19H33N3O2S/c1-17(2)19(22-13-11-21(3)12-14-22)16-20-25(23,24)15-7-10-18-8-5-4-6-9-18/h4-6,8-9,17,19-20H,7,10-16H2,1-3H3. The lowest BCUT2D eigenvalue weighted by Crippen LogP contribution is -2.54. The van der Waals surface area contributed by atoms with Crippen LogP contribution in [0, 0.1) is 5.92 Å². The van der Waals surface area contributed by atoms with Crippen LogP contribution in [0.5, 0.6) is 0 Å². The van der Waals surface area contributed by atoms with Crippen LogP contribution in [0.3, 0.4) is 0 Å². The first kappa shape index (κ1) is 20.4. The number of sulfonamides is 1. The minimum atomic E-state index is -3.22. The maximum atomic E-state index is 12.3. The first-order valence-electron chi connectivity index (χ1n) is 9.31. The number of piperazine rings is 1. The Kier molecular flexibility index (Phi) is 7.87. The molecule has 1 aromatic carbocycles. The van der Waals surface area contributed by atoms with Crippen molar-refractivity contribution < 1.29 is 8.42 Å². The number of nitrogens with one attached hydrogen (secondary N) is 1. The highest BCUT2D eigenvalue weighted by Gasteiger charge is 2.26. The molecule has 25 heavy (non-hydrogen) atoms. The van der Waals surface area contributed by atoms with Crippen LogP contribution in [0.1, 0.15) is 25.8 Å². The zero-order valence-corrected chi connectivity index (χ0v) is 16.6. The number of hydrogen-bond acceptors (Lipinski definition) is 4. The van der Waals surface area contributed by atoms with Gasteiger partial charge in [-0.2, -0.15) is 0 Å². The maximum absolute atomic E-state index is 12.3. The molecule has 6 heteroatoms. The quantitative estimate of drug-likeness (QED) is 0.723. The molecule has 5 nitrogen and oxygen atoms in total. The van der Waals surface area contributed by atoms with E-state index in [1.807, 2.05) is 30.3 Å². The smallest absolute Gasteiger partial charge is 0.211 e. The summed E-state index contributed by atoms with van der Waals surface area (Å²) in [7, 11) is -1.08. The lowest BCUT2D eigenvalue weighted by atomic mass is 10.0. The molecule has 1 heterocycles. The van der Waals surface area contributed by atoms with Gasteiger partial charge in [0.05, 0.1) is 5.75 Å². The third-order valence-electron chi connectivity index (χ3n) is 5.01. The largest absolute Gasteiger partial charge is 0.304 e. The molecule has 1 aliphatic rings. The van der Waals surface area contributed by atoms with Gasteiger partial charge in [0.15, 0.2) is 0 Å². The summed E-state index contributed by atoms with van der Waals surface area (Å²) >= 11 is 0. The van der Waals surface area contributed by atoms with Gasteiger partial charge in [0.1, 0.15) is 0 Å². The van der Waals surface area contributed by atoms with Crippen LogP contribution in [0.15, 0.2) is 30.3 Å². The Balaban J connectivity index is 1.79. The monoisotopic (exact) mass is 367 g/mol. The molecule has 1 fully saturated rings. The van der Waals surface area contributed by atoms with Gasteiger partial charge in [0.25, 0.3) is 0 Å². The second kappa shape index (κ2) is 9.67. The van der Waals surface area contributed by atoms with Crippen LogP contribution >= 0.6 is 0 Å². The highest BCUT2D eigenvalue weighted by atomic mass is 32.2. The molecule has 1 N–H and O–H groups in total. The molecule has 0 radical (unpaired) electrons. The number of hydrogen-bond donors (Lipinski definition) is 1. The highest BCUT2D eigenvalue weighted by Crippen LogP contribution is 2.13. The molecule has 0 spiro atoms. The molecule has 0 saturated carbocycles. The molecular weight excluding hydrogens is 334 g/mol. The van der Waals surface area contributed by atoms with E-state index in [1.54, 1.807) is 0 Å². The Bertz CT molecular complexity index is 596. The number of nitrogens with zero attached hydrogens (tertiary/aromatic N) is 2. The lowest BCUT2D eigenvalue weighted by molar-refractivity contribution is 0.0905. The average molecular weight is 368 g/mol. The predicted molar refractivity (Wildman–Crippen MR) is 104 cm³/mol. The Labute approximate surface area is 153 Å². The van der Waals surface area contributed by atoms with E-state index in [0.717, 1.165) is 32.6 Å². The van der Waals surface area contributed by atoms with E-state index in [1.165, 1.54) is 5.56 Å². The summed E-state index contributed by atoms with van der Waals surface area (Å²) in [5.74, 6) is 0.616. The normalized spacial score (nSPS) is 18.6. The summed E-state index contributed by atoms with van der Waals surface area (Å²) in [4.78, 5) is 4.75. The van der Waals surface area contributed by atoms with Crippen LogP contribution in [0.25, 0.3) is 0 Å². The Hall–Kier alpha value is -0.950. The molecule has 0 bridgehead atoms. The van der Waals surface area contributed by atoms with Crippen molar-refractivity contribution in [1.29, 1.82) is 0 Å². The van der Waals surface area contributed by atoms with Crippen molar-refractivity contribution in [3.63, 3.8) is 0 Å². The van der Waals surface area contributed by atoms with Crippen LogP contribution in [0.4, 0.5) is 0 Å². The van der Waals surface area contributed by atoms with Gasteiger partial charge in [-0.15, -0.1) is 0 Å². The highest BCUT2D eigenvalue weighted by molar-refractivity contribution is 7.89. The van der Waals surface area contributed by atoms with Gasteiger partial charge >= 0.3 is 0 Å². The predicted octanol–water partition coefficient (Wildman–Crippen LogP) is 1.81. The SMILES string of the molecule is CC(C)C(CNS(=O)(=O)CCCc1ccccc1)N1CCN(C)CC1. The Morgan fingerprint density at radius 1 is 1.08 bits per heavy atom. The summed E-state index contributed by atoms with van der Waals surface area (Å²) in [6.07, 6.45) is 1.45. The van der Waals surface area contributed by atoms with Crippen LogP contribution in [-0.2, 0) is 16.4 Å². The van der Waals surface area contributed by atoms with Gasteiger partial charge in [0, 0.05) is 38.8 Å². The van der Waals surface area contributed by atoms with Crippen molar-refractivity contribution in [3.8, 4) is 0 Å². The van der Waals surface area contributed by atoms with E-state index in [2.05, 4.69) is 35.4 Å². The van der Waals surface area contributed by atoms with Crippen molar-refractivity contribution in [2.45, 2.75) is 32.7 Å². The van der Waals surface area contributed by atoms with E-state index >= 15 is 0 Å². The van der Waals surface area contributed by atoms with Gasteiger partial charge in [-0.05, 0) is 31.4 Å². The fourth-order valence-electron chi connectivity index (χ4n) is 3.34. The van der Waals surface area contributed by atoms with E-state index in [4.69, 9.17) is 0 Å². The minimum absolute atomic E-state index is 0.190. The second-order valence-electron chi connectivity index (χ2n) is 7.41.